The van der Waals surface area contributed by atoms with Gasteiger partial charge in [-0.2, -0.15) is 0 Å². The van der Waals surface area contributed by atoms with Crippen LogP contribution in [0.2, 0.25) is 0 Å². The Balaban J connectivity index is 2.75. The molecule has 23 heavy (non-hydrogen) atoms. The summed E-state index contributed by atoms with van der Waals surface area (Å²) >= 11 is 0. The molecule has 1 aliphatic rings. The van der Waals surface area contributed by atoms with E-state index in [2.05, 4.69) is 33.0 Å². The van der Waals surface area contributed by atoms with Crippen LogP contribution in [0.15, 0.2) is 0 Å². The largest absolute Gasteiger partial charge is 0.435 e. The molecule has 1 aliphatic heterocycles. The van der Waals surface area contributed by atoms with Gasteiger partial charge in [0.15, 0.2) is 0 Å². The molecule has 7 atom stereocenters. The van der Waals surface area contributed by atoms with Crippen molar-refractivity contribution in [2.75, 3.05) is 6.54 Å². The molecule has 0 saturated carbocycles. The van der Waals surface area contributed by atoms with Gasteiger partial charge in [-0.05, 0) is 56.9 Å². The molecule has 0 amide bonds. The second-order valence-electron chi connectivity index (χ2n) is 8.27. The molecule has 1 heterocycles. The maximum Gasteiger partial charge on any atom is 0.310 e. The van der Waals surface area contributed by atoms with Crippen molar-refractivity contribution in [3.63, 3.8) is 0 Å². The normalized spacial score (nSPS) is 42.4. The predicted octanol–water partition coefficient (Wildman–Crippen LogP) is 3.58. The van der Waals surface area contributed by atoms with Crippen LogP contribution in [0.3, 0.4) is 0 Å². The smallest absolute Gasteiger partial charge is 0.310 e. The van der Waals surface area contributed by atoms with Crippen LogP contribution >= 0.6 is 0 Å². The van der Waals surface area contributed by atoms with E-state index in [-0.39, 0.29) is 17.8 Å². The van der Waals surface area contributed by atoms with Gasteiger partial charge in [0.2, 0.25) is 6.29 Å². The molecule has 1 fully saturated rings. The van der Waals surface area contributed by atoms with Gasteiger partial charge in [-0.25, -0.2) is 0 Å². The number of rotatable bonds is 0. The van der Waals surface area contributed by atoms with Crippen molar-refractivity contribution in [2.24, 2.45) is 29.6 Å². The van der Waals surface area contributed by atoms with E-state index in [1.165, 1.54) is 6.42 Å². The van der Waals surface area contributed by atoms with Gasteiger partial charge in [0.1, 0.15) is 0 Å². The lowest BCUT2D eigenvalue weighted by molar-refractivity contribution is -0.181. The molecule has 4 heteroatoms. The van der Waals surface area contributed by atoms with E-state index < -0.39 is 6.29 Å². The molecule has 1 rings (SSSR count). The van der Waals surface area contributed by atoms with Crippen LogP contribution in [0.25, 0.3) is 0 Å². The first-order valence-electron chi connectivity index (χ1n) is 9.30. The quantitative estimate of drug-likeness (QED) is 0.668. The lowest BCUT2D eigenvalue weighted by atomic mass is 9.85. The monoisotopic (exact) mass is 327 g/mol. The summed E-state index contributed by atoms with van der Waals surface area (Å²) in [6.45, 7) is 13.8. The predicted molar refractivity (Wildman–Crippen MR) is 93.9 cm³/mol. The van der Waals surface area contributed by atoms with Crippen molar-refractivity contribution < 1.29 is 14.6 Å². The van der Waals surface area contributed by atoms with Crippen LogP contribution in [-0.2, 0) is 9.53 Å². The molecule has 0 aromatic carbocycles. The summed E-state index contributed by atoms with van der Waals surface area (Å²) in [6.07, 6.45) is 2.96. The van der Waals surface area contributed by atoms with E-state index in [0.29, 0.717) is 23.8 Å². The van der Waals surface area contributed by atoms with Gasteiger partial charge in [-0.3, -0.25) is 4.79 Å². The van der Waals surface area contributed by atoms with Crippen molar-refractivity contribution in [3.05, 3.63) is 0 Å². The zero-order valence-corrected chi connectivity index (χ0v) is 15.8. The Labute approximate surface area is 142 Å². The highest BCUT2D eigenvalue weighted by molar-refractivity contribution is 5.72. The average molecular weight is 328 g/mol. The Hall–Kier alpha value is -0.610. The fourth-order valence-electron chi connectivity index (χ4n) is 3.86. The highest BCUT2D eigenvalue weighted by atomic mass is 16.6. The molecule has 0 spiro atoms. The Morgan fingerprint density at radius 3 is 2.13 bits per heavy atom. The highest BCUT2D eigenvalue weighted by Gasteiger charge is 2.26. The van der Waals surface area contributed by atoms with E-state index in [4.69, 9.17) is 4.74 Å². The second kappa shape index (κ2) is 9.63. The van der Waals surface area contributed by atoms with Crippen LogP contribution in [0.5, 0.6) is 0 Å². The molecule has 0 bridgehead atoms. The molecule has 0 radical (unpaired) electrons. The van der Waals surface area contributed by atoms with Crippen molar-refractivity contribution in [2.45, 2.75) is 79.6 Å². The maximum atomic E-state index is 12.2. The highest BCUT2D eigenvalue weighted by Crippen LogP contribution is 2.25. The molecule has 1 saturated heterocycles. The van der Waals surface area contributed by atoms with Crippen molar-refractivity contribution in [1.82, 2.24) is 5.32 Å². The number of esters is 1. The first kappa shape index (κ1) is 20.4. The summed E-state index contributed by atoms with van der Waals surface area (Å²) < 4.78 is 5.28. The summed E-state index contributed by atoms with van der Waals surface area (Å²) in [5.74, 6) is 1.30. The fraction of sp³-hybridized carbons (Fsp3) is 0.947. The van der Waals surface area contributed by atoms with Crippen LogP contribution in [0.1, 0.15) is 67.2 Å². The van der Waals surface area contributed by atoms with Gasteiger partial charge in [-0.1, -0.05) is 34.6 Å². The third kappa shape index (κ3) is 7.67. The van der Waals surface area contributed by atoms with E-state index >= 15 is 0 Å². The standard InChI is InChI=1S/C19H37NO3/c1-12-7-13(2)9-15(4)18(21)23-19(22)16(5)10-17(6)20-11-14(3)8-12/h12-17,19-20,22H,7-11H2,1-6H3. The molecule has 0 aromatic rings. The third-order valence-electron chi connectivity index (χ3n) is 5.03. The molecular weight excluding hydrogens is 290 g/mol. The molecule has 7 unspecified atom stereocenters. The summed E-state index contributed by atoms with van der Waals surface area (Å²) in [4.78, 5) is 12.2. The third-order valence-corrected chi connectivity index (χ3v) is 5.03. The number of hydrogen-bond acceptors (Lipinski definition) is 4. The van der Waals surface area contributed by atoms with Crippen LogP contribution in [0.4, 0.5) is 0 Å². The molecule has 136 valence electrons. The van der Waals surface area contributed by atoms with Crippen molar-refractivity contribution in [1.29, 1.82) is 0 Å². The number of nitrogens with one attached hydrogen (secondary N) is 1. The summed E-state index contributed by atoms with van der Waals surface area (Å²) in [5, 5.41) is 13.7. The van der Waals surface area contributed by atoms with Crippen LogP contribution in [0, 0.1) is 29.6 Å². The summed E-state index contributed by atoms with van der Waals surface area (Å²) in [7, 11) is 0. The minimum absolute atomic E-state index is 0.0644. The Morgan fingerprint density at radius 2 is 1.48 bits per heavy atom. The number of ether oxygens (including phenoxy) is 1. The van der Waals surface area contributed by atoms with Gasteiger partial charge in [0.25, 0.3) is 0 Å². The summed E-state index contributed by atoms with van der Waals surface area (Å²) in [5.41, 5.74) is 0. The van der Waals surface area contributed by atoms with Gasteiger partial charge in [-0.15, -0.1) is 0 Å². The molecular formula is C19H37NO3. The van der Waals surface area contributed by atoms with Gasteiger partial charge >= 0.3 is 5.97 Å². The van der Waals surface area contributed by atoms with E-state index in [9.17, 15) is 9.90 Å². The van der Waals surface area contributed by atoms with Gasteiger partial charge in [0.05, 0.1) is 5.92 Å². The zero-order valence-electron chi connectivity index (χ0n) is 15.8. The van der Waals surface area contributed by atoms with Gasteiger partial charge < -0.3 is 15.2 Å². The van der Waals surface area contributed by atoms with E-state index in [0.717, 1.165) is 25.8 Å². The first-order chi connectivity index (χ1) is 10.7. The van der Waals surface area contributed by atoms with Crippen molar-refractivity contribution >= 4 is 5.97 Å². The molecule has 2 N–H and O–H groups in total. The summed E-state index contributed by atoms with van der Waals surface area (Å²) in [6, 6.07) is 0.303. The van der Waals surface area contributed by atoms with E-state index in [1.54, 1.807) is 0 Å². The van der Waals surface area contributed by atoms with Crippen molar-refractivity contribution in [3.8, 4) is 0 Å². The number of cyclic esters (lactones) is 1. The van der Waals surface area contributed by atoms with Crippen LogP contribution in [-0.4, -0.2) is 30.0 Å². The van der Waals surface area contributed by atoms with Gasteiger partial charge in [0, 0.05) is 12.0 Å². The van der Waals surface area contributed by atoms with E-state index in [1.807, 2.05) is 13.8 Å². The minimum Gasteiger partial charge on any atom is -0.435 e. The number of aliphatic hydroxyl groups excluding tert-OH is 1. The first-order valence-corrected chi connectivity index (χ1v) is 9.30. The number of carbonyl (C=O) groups is 1. The maximum absolute atomic E-state index is 12.2. The molecule has 4 nitrogen and oxygen atoms in total. The molecule has 0 aliphatic carbocycles. The number of hydrogen-bond donors (Lipinski definition) is 2. The van der Waals surface area contributed by atoms with Crippen LogP contribution < -0.4 is 5.32 Å². The number of carbonyl (C=O) groups excluding carboxylic acids is 1. The lowest BCUT2D eigenvalue weighted by Gasteiger charge is -2.24. The Morgan fingerprint density at radius 1 is 0.913 bits per heavy atom. The second-order valence-corrected chi connectivity index (χ2v) is 8.27. The minimum atomic E-state index is -1.01. The molecule has 0 aromatic heterocycles. The number of aliphatic hydroxyl groups is 1. The zero-order chi connectivity index (χ0) is 17.6. The Kier molecular flexibility index (Phi) is 8.56. The fourth-order valence-corrected chi connectivity index (χ4v) is 3.86. The SMILES string of the molecule is CC1CNC(C)CC(C)C(O)OC(=O)C(C)CC(C)CC(C)C1. The lowest BCUT2D eigenvalue weighted by Crippen LogP contribution is -2.35. The topological polar surface area (TPSA) is 58.6 Å². The average Bonchev–Trinajstić information content (AvgIpc) is 2.43. The Bertz CT molecular complexity index is 361.